The number of aromatic nitrogens is 1. The van der Waals surface area contributed by atoms with Gasteiger partial charge in [0.05, 0.1) is 0 Å². The third kappa shape index (κ3) is 2.60. The predicted molar refractivity (Wildman–Crippen MR) is 71.9 cm³/mol. The average molecular weight is 310 g/mol. The second-order valence-corrected chi connectivity index (χ2v) is 5.11. The third-order valence-corrected chi connectivity index (χ3v) is 3.31. The molecule has 0 amide bonds. The molecule has 1 unspecified atom stereocenters. The van der Waals surface area contributed by atoms with Gasteiger partial charge >= 0.3 is 0 Å². The van der Waals surface area contributed by atoms with Crippen molar-refractivity contribution >= 4 is 15.9 Å². The van der Waals surface area contributed by atoms with Crippen LogP contribution in [0, 0.1) is 19.7 Å². The van der Waals surface area contributed by atoms with Crippen LogP contribution >= 0.6 is 15.9 Å². The maximum atomic E-state index is 13.7. The van der Waals surface area contributed by atoms with Crippen LogP contribution in [0.25, 0.3) is 0 Å². The maximum Gasteiger partial charge on any atom is 0.129 e. The van der Waals surface area contributed by atoms with Crippen LogP contribution in [-0.4, -0.2) is 10.1 Å². The Kier molecular flexibility index (Phi) is 3.78. The fourth-order valence-corrected chi connectivity index (χ4v) is 2.26. The number of aliphatic hydroxyl groups is 1. The predicted octanol–water partition coefficient (Wildman–Crippen LogP) is 3.68. The number of hydrogen-bond donors (Lipinski definition) is 1. The standard InChI is InChI=1S/C14H13BrFNO/c1-8-3-5-11(9(2)17-8)14(18)12-7-10(15)4-6-13(12)16/h3-7,14,18H,1-2H3. The van der Waals surface area contributed by atoms with Gasteiger partial charge in [-0.15, -0.1) is 0 Å². The molecule has 0 aliphatic heterocycles. The van der Waals surface area contributed by atoms with E-state index in [0.29, 0.717) is 11.3 Å². The average Bonchev–Trinajstić information content (AvgIpc) is 2.31. The van der Waals surface area contributed by atoms with Crippen molar-refractivity contribution in [1.82, 2.24) is 4.98 Å². The second-order valence-electron chi connectivity index (χ2n) is 4.20. The Morgan fingerprint density at radius 1 is 1.17 bits per heavy atom. The number of aryl methyl sites for hydroxylation is 2. The van der Waals surface area contributed by atoms with Crippen LogP contribution in [0.3, 0.4) is 0 Å². The minimum atomic E-state index is -1.00. The number of aliphatic hydroxyl groups excluding tert-OH is 1. The highest BCUT2D eigenvalue weighted by molar-refractivity contribution is 9.10. The molecule has 0 bridgehead atoms. The van der Waals surface area contributed by atoms with Crippen LogP contribution in [0.4, 0.5) is 4.39 Å². The van der Waals surface area contributed by atoms with E-state index in [1.807, 2.05) is 6.92 Å². The summed E-state index contributed by atoms with van der Waals surface area (Å²) in [4.78, 5) is 4.28. The van der Waals surface area contributed by atoms with E-state index >= 15 is 0 Å². The molecular weight excluding hydrogens is 297 g/mol. The monoisotopic (exact) mass is 309 g/mol. The first-order chi connectivity index (χ1) is 8.49. The molecule has 2 rings (SSSR count). The van der Waals surface area contributed by atoms with Crippen LogP contribution in [0.5, 0.6) is 0 Å². The van der Waals surface area contributed by atoms with E-state index in [0.717, 1.165) is 10.2 Å². The van der Waals surface area contributed by atoms with Gasteiger partial charge in [-0.05, 0) is 38.1 Å². The number of halogens is 2. The summed E-state index contributed by atoms with van der Waals surface area (Å²) in [6.07, 6.45) is -1.00. The summed E-state index contributed by atoms with van der Waals surface area (Å²) < 4.78 is 14.4. The number of nitrogens with zero attached hydrogens (tertiary/aromatic N) is 1. The highest BCUT2D eigenvalue weighted by atomic mass is 79.9. The molecular formula is C14H13BrFNO. The highest BCUT2D eigenvalue weighted by Gasteiger charge is 2.17. The Morgan fingerprint density at radius 2 is 1.89 bits per heavy atom. The van der Waals surface area contributed by atoms with E-state index < -0.39 is 11.9 Å². The zero-order valence-electron chi connectivity index (χ0n) is 10.1. The fraction of sp³-hybridized carbons (Fsp3) is 0.214. The van der Waals surface area contributed by atoms with E-state index in [1.165, 1.54) is 6.07 Å². The molecule has 0 saturated carbocycles. The Morgan fingerprint density at radius 3 is 2.56 bits per heavy atom. The molecule has 2 aromatic rings. The minimum absolute atomic E-state index is 0.248. The number of pyridine rings is 1. The van der Waals surface area contributed by atoms with Gasteiger partial charge in [0, 0.05) is 27.0 Å². The largest absolute Gasteiger partial charge is 0.383 e. The van der Waals surface area contributed by atoms with Crippen molar-refractivity contribution < 1.29 is 9.50 Å². The van der Waals surface area contributed by atoms with Crippen LogP contribution in [0.2, 0.25) is 0 Å². The first-order valence-electron chi connectivity index (χ1n) is 5.56. The summed E-state index contributed by atoms with van der Waals surface area (Å²) in [6.45, 7) is 3.68. The molecule has 94 valence electrons. The minimum Gasteiger partial charge on any atom is -0.383 e. The van der Waals surface area contributed by atoms with Gasteiger partial charge in [-0.1, -0.05) is 22.0 Å². The molecule has 0 spiro atoms. The van der Waals surface area contributed by atoms with Gasteiger partial charge in [-0.25, -0.2) is 4.39 Å². The summed E-state index contributed by atoms with van der Waals surface area (Å²) in [5.41, 5.74) is 2.45. The lowest BCUT2D eigenvalue weighted by Gasteiger charge is -2.15. The Bertz CT molecular complexity index is 586. The lowest BCUT2D eigenvalue weighted by atomic mass is 10.00. The second kappa shape index (κ2) is 5.16. The van der Waals surface area contributed by atoms with Gasteiger partial charge in [0.2, 0.25) is 0 Å². The molecule has 4 heteroatoms. The molecule has 0 radical (unpaired) electrons. The highest BCUT2D eigenvalue weighted by Crippen LogP contribution is 2.28. The number of rotatable bonds is 2. The SMILES string of the molecule is Cc1ccc(C(O)c2cc(Br)ccc2F)c(C)n1. The van der Waals surface area contributed by atoms with Crippen LogP contribution < -0.4 is 0 Å². The van der Waals surface area contributed by atoms with E-state index in [4.69, 9.17) is 0 Å². The van der Waals surface area contributed by atoms with Crippen molar-refractivity contribution in [2.45, 2.75) is 20.0 Å². The van der Waals surface area contributed by atoms with Gasteiger partial charge in [0.1, 0.15) is 11.9 Å². The van der Waals surface area contributed by atoms with Crippen molar-refractivity contribution in [2.24, 2.45) is 0 Å². The zero-order chi connectivity index (χ0) is 13.3. The molecule has 1 N–H and O–H groups in total. The van der Waals surface area contributed by atoms with Crippen LogP contribution in [-0.2, 0) is 0 Å². The lowest BCUT2D eigenvalue weighted by Crippen LogP contribution is -2.06. The lowest BCUT2D eigenvalue weighted by molar-refractivity contribution is 0.213. The van der Waals surface area contributed by atoms with E-state index in [2.05, 4.69) is 20.9 Å². The first-order valence-corrected chi connectivity index (χ1v) is 6.35. The van der Waals surface area contributed by atoms with Gasteiger partial charge in [-0.3, -0.25) is 4.98 Å². The van der Waals surface area contributed by atoms with Crippen molar-refractivity contribution in [2.75, 3.05) is 0 Å². The molecule has 0 aliphatic carbocycles. The number of hydrogen-bond acceptors (Lipinski definition) is 2. The molecule has 0 saturated heterocycles. The topological polar surface area (TPSA) is 33.1 Å². The molecule has 18 heavy (non-hydrogen) atoms. The summed E-state index contributed by atoms with van der Waals surface area (Å²) in [5.74, 6) is -0.425. The van der Waals surface area contributed by atoms with Crippen molar-refractivity contribution in [3.05, 3.63) is 63.1 Å². The quantitative estimate of drug-likeness (QED) is 0.918. The summed E-state index contributed by atoms with van der Waals surface area (Å²) in [7, 11) is 0. The van der Waals surface area contributed by atoms with Crippen molar-refractivity contribution in [1.29, 1.82) is 0 Å². The molecule has 1 aromatic carbocycles. The van der Waals surface area contributed by atoms with E-state index in [9.17, 15) is 9.50 Å². The molecule has 0 fully saturated rings. The smallest absolute Gasteiger partial charge is 0.129 e. The van der Waals surface area contributed by atoms with Gasteiger partial charge in [0.15, 0.2) is 0 Å². The third-order valence-electron chi connectivity index (χ3n) is 2.81. The number of benzene rings is 1. The maximum absolute atomic E-state index is 13.7. The Hall–Kier alpha value is -1.26. The van der Waals surface area contributed by atoms with Gasteiger partial charge in [-0.2, -0.15) is 0 Å². The van der Waals surface area contributed by atoms with Gasteiger partial charge in [0.25, 0.3) is 0 Å². The van der Waals surface area contributed by atoms with Crippen molar-refractivity contribution in [3.8, 4) is 0 Å². The van der Waals surface area contributed by atoms with Crippen molar-refractivity contribution in [3.63, 3.8) is 0 Å². The molecule has 1 heterocycles. The van der Waals surface area contributed by atoms with E-state index in [-0.39, 0.29) is 5.56 Å². The Labute approximate surface area is 114 Å². The molecule has 1 atom stereocenters. The molecule has 0 aliphatic rings. The van der Waals surface area contributed by atoms with Crippen LogP contribution in [0.1, 0.15) is 28.6 Å². The Balaban J connectivity index is 2.47. The first kappa shape index (κ1) is 13.2. The fourth-order valence-electron chi connectivity index (χ4n) is 1.88. The van der Waals surface area contributed by atoms with Crippen LogP contribution in [0.15, 0.2) is 34.8 Å². The summed E-state index contributed by atoms with van der Waals surface area (Å²) >= 11 is 3.27. The van der Waals surface area contributed by atoms with Gasteiger partial charge < -0.3 is 5.11 Å². The molecule has 2 nitrogen and oxygen atoms in total. The summed E-state index contributed by atoms with van der Waals surface area (Å²) in [6, 6.07) is 8.11. The van der Waals surface area contributed by atoms with E-state index in [1.54, 1.807) is 31.2 Å². The summed E-state index contributed by atoms with van der Waals surface area (Å²) in [5, 5.41) is 10.3. The normalized spacial score (nSPS) is 12.5. The molecule has 1 aromatic heterocycles. The zero-order valence-corrected chi connectivity index (χ0v) is 11.7.